The van der Waals surface area contributed by atoms with Crippen LogP contribution in [0.15, 0.2) is 0 Å². The molecule has 0 bridgehead atoms. The first-order chi connectivity index (χ1) is 16.0. The Labute approximate surface area is 199 Å². The number of nitrogens with two attached hydrogens (primary N) is 4. The fourth-order valence-electron chi connectivity index (χ4n) is 3.51. The molecule has 0 aliphatic carbocycles. The molecule has 13 N–H and O–H groups in total. The third-order valence-corrected chi connectivity index (χ3v) is 5.68. The Morgan fingerprint density at radius 2 is 1.38 bits per heavy atom. The van der Waals surface area contributed by atoms with E-state index in [-0.39, 0.29) is 11.9 Å². The number of rotatable bonds is 16. The first kappa shape index (κ1) is 30.9. The third-order valence-electron chi connectivity index (χ3n) is 5.68. The second kappa shape index (κ2) is 16.5. The minimum absolute atomic E-state index is 0.0595. The molecule has 0 spiro atoms. The van der Waals surface area contributed by atoms with Gasteiger partial charge in [0.2, 0.25) is 5.91 Å². The highest BCUT2D eigenvalue weighted by molar-refractivity contribution is 5.85. The first-order valence-electron chi connectivity index (χ1n) is 11.1. The Kier molecular flexibility index (Phi) is 15.0. The lowest BCUT2D eigenvalue weighted by Crippen LogP contribution is -2.78. The van der Waals surface area contributed by atoms with Crippen LogP contribution in [0.3, 0.4) is 0 Å². The molecule has 34 heavy (non-hydrogen) atoms. The van der Waals surface area contributed by atoms with E-state index in [1.165, 1.54) is 14.2 Å². The van der Waals surface area contributed by atoms with E-state index in [0.717, 1.165) is 0 Å². The van der Waals surface area contributed by atoms with E-state index >= 15 is 0 Å². The van der Waals surface area contributed by atoms with Crippen molar-refractivity contribution < 1.29 is 39.0 Å². The number of guanidine groups is 2. The molecule has 0 saturated carbocycles. The van der Waals surface area contributed by atoms with Crippen molar-refractivity contribution in [1.82, 2.24) is 10.8 Å². The minimum atomic E-state index is -0.881. The average molecular weight is 491 g/mol. The van der Waals surface area contributed by atoms with Crippen molar-refractivity contribution in [1.29, 1.82) is 0 Å². The van der Waals surface area contributed by atoms with Crippen LogP contribution in [-0.2, 0) is 23.9 Å². The summed E-state index contributed by atoms with van der Waals surface area (Å²) in [6.07, 6.45) is 1.63. The zero-order valence-corrected chi connectivity index (χ0v) is 20.4. The summed E-state index contributed by atoms with van der Waals surface area (Å²) in [6, 6.07) is -1.68. The number of esters is 2. The number of methoxy groups -OCH3 is 2. The number of amides is 1. The fourth-order valence-corrected chi connectivity index (χ4v) is 3.51. The predicted octanol–water partition coefficient (Wildman–Crippen LogP) is -5.68. The van der Waals surface area contributed by atoms with E-state index < -0.39 is 47.7 Å². The van der Waals surface area contributed by atoms with Gasteiger partial charge < -0.3 is 20.0 Å². The van der Waals surface area contributed by atoms with Gasteiger partial charge >= 0.3 is 23.9 Å². The van der Waals surface area contributed by atoms with Crippen LogP contribution in [0.4, 0.5) is 0 Å². The van der Waals surface area contributed by atoms with E-state index in [1.54, 1.807) is 13.8 Å². The van der Waals surface area contributed by atoms with Crippen LogP contribution in [0.1, 0.15) is 39.5 Å². The molecule has 14 heteroatoms. The molecule has 196 valence electrons. The highest BCUT2D eigenvalue weighted by atomic mass is 16.5. The number of hydroxylamine groups is 1. The molecule has 0 heterocycles. The van der Waals surface area contributed by atoms with E-state index in [0.29, 0.717) is 38.8 Å². The summed E-state index contributed by atoms with van der Waals surface area (Å²) >= 11 is 0. The van der Waals surface area contributed by atoms with Gasteiger partial charge in [0.1, 0.15) is 6.04 Å². The second-order valence-corrected chi connectivity index (χ2v) is 8.07. The summed E-state index contributed by atoms with van der Waals surface area (Å²) in [6.45, 7) is 4.19. The molecule has 0 aliphatic heterocycles. The van der Waals surface area contributed by atoms with Gasteiger partial charge in [-0.3, -0.25) is 42.5 Å². The molecule has 0 aromatic rings. The summed E-state index contributed by atoms with van der Waals surface area (Å²) in [7, 11) is 2.48. The van der Waals surface area contributed by atoms with Crippen LogP contribution in [-0.4, -0.2) is 74.4 Å². The molecule has 5 atom stereocenters. The lowest BCUT2D eigenvalue weighted by Gasteiger charge is -2.32. The Morgan fingerprint density at radius 1 is 0.882 bits per heavy atom. The smallest absolute Gasteiger partial charge is 0.338 e. The molecule has 0 aromatic heterocycles. The van der Waals surface area contributed by atoms with Crippen molar-refractivity contribution >= 4 is 29.8 Å². The number of carbonyl (C=O) groups excluding carboxylic acids is 3. The van der Waals surface area contributed by atoms with Crippen LogP contribution >= 0.6 is 0 Å². The summed E-state index contributed by atoms with van der Waals surface area (Å²) in [5.74, 6) is -3.38. The van der Waals surface area contributed by atoms with Gasteiger partial charge in [0.25, 0.3) is 0 Å². The first-order valence-corrected chi connectivity index (χ1v) is 11.1. The zero-order valence-electron chi connectivity index (χ0n) is 20.4. The third kappa shape index (κ3) is 11.1. The average Bonchev–Trinajstić information content (AvgIpc) is 2.80. The Morgan fingerprint density at radius 3 is 1.82 bits per heavy atom. The molecular formula is C20H42N8O6+2. The van der Waals surface area contributed by atoms with Gasteiger partial charge in [0.05, 0.1) is 33.2 Å². The van der Waals surface area contributed by atoms with Crippen LogP contribution in [0.5, 0.6) is 0 Å². The minimum Gasteiger partial charge on any atom is -0.469 e. The number of ether oxygens (including phenoxy) is 2. The van der Waals surface area contributed by atoms with E-state index in [9.17, 15) is 19.6 Å². The topological polar surface area (TPSA) is 246 Å². The Hall–Kier alpha value is -3.13. The van der Waals surface area contributed by atoms with Gasteiger partial charge in [-0.25, -0.2) is 10.3 Å². The molecule has 0 aliphatic rings. The maximum atomic E-state index is 12.9. The number of hydrogen-bond donors (Lipinski definition) is 9. The molecule has 5 unspecified atom stereocenters. The van der Waals surface area contributed by atoms with Crippen molar-refractivity contribution in [3.8, 4) is 0 Å². The Balaban J connectivity index is 5.34. The van der Waals surface area contributed by atoms with Crippen LogP contribution < -0.4 is 43.7 Å². The summed E-state index contributed by atoms with van der Waals surface area (Å²) < 4.78 is 9.68. The van der Waals surface area contributed by atoms with Crippen molar-refractivity contribution in [2.75, 3.05) is 27.3 Å². The van der Waals surface area contributed by atoms with Crippen LogP contribution in [0.25, 0.3) is 0 Å². The van der Waals surface area contributed by atoms with Crippen molar-refractivity contribution in [3.63, 3.8) is 0 Å². The molecule has 0 saturated heterocycles. The lowest BCUT2D eigenvalue weighted by atomic mass is 9.80. The number of carbonyl (C=O) groups is 3. The van der Waals surface area contributed by atoms with Crippen molar-refractivity contribution in [2.45, 2.75) is 51.6 Å². The van der Waals surface area contributed by atoms with E-state index in [1.807, 2.05) is 0 Å². The van der Waals surface area contributed by atoms with Gasteiger partial charge in [0, 0.05) is 12.0 Å². The van der Waals surface area contributed by atoms with E-state index in [2.05, 4.69) is 20.8 Å². The SMILES string of the molecule is COC(=O)C(CCC[NH+]=C(N)N)NC(=O)C(C)C(C)C(NO)C(CCC[NH+]=C(N)N)C(=O)OC. The predicted molar refractivity (Wildman–Crippen MR) is 123 cm³/mol. The molecule has 0 radical (unpaired) electrons. The molecule has 0 fully saturated rings. The highest BCUT2D eigenvalue weighted by Crippen LogP contribution is 2.25. The normalized spacial score (nSPS) is 15.1. The standard InChI is InChI=1S/C20H40N8O6/c1-11(15(28-32)13(17(30)33-3)7-5-9-25-19(21)22)12(2)16(29)27-14(18(31)34-4)8-6-10-26-20(23)24/h11-15,28,32H,5-10H2,1-4H3,(H,27,29)(H4,21,22,25)(H4,23,24,26)/p+2. The van der Waals surface area contributed by atoms with Gasteiger partial charge in [0.15, 0.2) is 0 Å². The summed E-state index contributed by atoms with van der Waals surface area (Å²) in [4.78, 5) is 43.0. The van der Waals surface area contributed by atoms with Crippen LogP contribution in [0.2, 0.25) is 0 Å². The quantitative estimate of drug-likeness (QED) is 0.0324. The molecule has 0 rings (SSSR count). The summed E-state index contributed by atoms with van der Waals surface area (Å²) in [5, 5.41) is 12.5. The van der Waals surface area contributed by atoms with Crippen LogP contribution in [0, 0.1) is 17.8 Å². The maximum Gasteiger partial charge on any atom is 0.338 e. The lowest BCUT2D eigenvalue weighted by molar-refractivity contribution is -0.460. The van der Waals surface area contributed by atoms with Crippen molar-refractivity contribution in [3.05, 3.63) is 0 Å². The molecule has 0 aromatic carbocycles. The van der Waals surface area contributed by atoms with Crippen molar-refractivity contribution in [2.24, 2.45) is 40.7 Å². The molecular weight excluding hydrogens is 448 g/mol. The number of nitrogens with one attached hydrogen (secondary N) is 4. The van der Waals surface area contributed by atoms with Gasteiger partial charge in [-0.2, -0.15) is 0 Å². The Bertz CT molecular complexity index is 709. The highest BCUT2D eigenvalue weighted by Gasteiger charge is 2.37. The summed E-state index contributed by atoms with van der Waals surface area (Å²) in [5.41, 5.74) is 23.6. The zero-order chi connectivity index (χ0) is 26.3. The van der Waals surface area contributed by atoms with Gasteiger partial charge in [-0.1, -0.05) is 13.8 Å². The fraction of sp³-hybridized carbons (Fsp3) is 0.750. The molecule has 14 nitrogen and oxygen atoms in total. The molecule has 1 amide bonds. The van der Waals surface area contributed by atoms with E-state index in [4.69, 9.17) is 32.4 Å². The largest absolute Gasteiger partial charge is 0.469 e. The second-order valence-electron chi connectivity index (χ2n) is 8.07. The van der Waals surface area contributed by atoms with Gasteiger partial charge in [-0.05, 0) is 31.6 Å². The monoisotopic (exact) mass is 490 g/mol. The maximum absolute atomic E-state index is 12.9. The van der Waals surface area contributed by atoms with Gasteiger partial charge in [-0.15, -0.1) is 0 Å². The number of hydrogen-bond acceptors (Lipinski definition) is 7.